The minimum Gasteiger partial charge on any atom is -0.493 e. The first-order chi connectivity index (χ1) is 8.01. The van der Waals surface area contributed by atoms with Crippen molar-refractivity contribution in [3.63, 3.8) is 0 Å². The summed E-state index contributed by atoms with van der Waals surface area (Å²) in [4.78, 5) is 10.8. The normalized spacial score (nSPS) is 9.82. The molecule has 0 saturated heterocycles. The molecule has 1 rings (SSSR count). The highest BCUT2D eigenvalue weighted by Crippen LogP contribution is 2.34. The number of nitriles is 1. The molecule has 0 radical (unpaired) electrons. The molecule has 1 N–H and O–H groups in total. The number of nitrogens with zero attached hydrogens (tertiary/aromatic N) is 1. The smallest absolute Gasteiger partial charge is 0.387 e. The molecule has 17 heavy (non-hydrogen) atoms. The van der Waals surface area contributed by atoms with Gasteiger partial charge in [0.05, 0.1) is 12.7 Å². The van der Waals surface area contributed by atoms with Crippen molar-refractivity contribution in [1.82, 2.24) is 0 Å². The summed E-state index contributed by atoms with van der Waals surface area (Å²) in [6, 6.07) is 3.73. The van der Waals surface area contributed by atoms with Gasteiger partial charge in [-0.05, 0) is 12.1 Å². The van der Waals surface area contributed by atoms with E-state index in [-0.39, 0.29) is 5.75 Å². The average Bonchev–Trinajstić information content (AvgIpc) is 2.27. The lowest BCUT2D eigenvalue weighted by molar-refractivity contribution is -0.0514. The molecule has 0 aromatic heterocycles. The summed E-state index contributed by atoms with van der Waals surface area (Å²) in [5.74, 6) is -2.12. The fourth-order valence-corrected chi connectivity index (χ4v) is 1.22. The second kappa shape index (κ2) is 5.12. The number of rotatable bonds is 4. The molecule has 0 unspecified atom stereocenters. The monoisotopic (exact) mass is 243 g/mol. The Balaban J connectivity index is 3.44. The highest BCUT2D eigenvalue weighted by atomic mass is 19.3. The zero-order valence-corrected chi connectivity index (χ0v) is 8.61. The van der Waals surface area contributed by atoms with Crippen molar-refractivity contribution < 1.29 is 28.2 Å². The lowest BCUT2D eigenvalue weighted by Crippen LogP contribution is -2.09. The Kier molecular flexibility index (Phi) is 3.82. The Morgan fingerprint density at radius 2 is 2.18 bits per heavy atom. The van der Waals surface area contributed by atoms with Crippen LogP contribution in [0.25, 0.3) is 0 Å². The standard InChI is InChI=1S/C10H7F2NO4/c1-16-7-3-2-5(9(14)15)6(4-13)8(7)17-10(11)12/h2-3,10H,1H3,(H,14,15). The zero-order valence-electron chi connectivity index (χ0n) is 8.61. The van der Waals surface area contributed by atoms with Gasteiger partial charge in [-0.15, -0.1) is 0 Å². The third-order valence-electron chi connectivity index (χ3n) is 1.89. The van der Waals surface area contributed by atoms with E-state index in [4.69, 9.17) is 15.1 Å². The number of hydrogen-bond acceptors (Lipinski definition) is 4. The number of carbonyl (C=O) groups is 1. The summed E-state index contributed by atoms with van der Waals surface area (Å²) in [7, 11) is 1.19. The lowest BCUT2D eigenvalue weighted by Gasteiger charge is -2.12. The van der Waals surface area contributed by atoms with Crippen molar-refractivity contribution in [3.8, 4) is 17.6 Å². The number of aromatic carboxylic acids is 1. The van der Waals surface area contributed by atoms with Gasteiger partial charge in [-0.3, -0.25) is 0 Å². The van der Waals surface area contributed by atoms with Crippen molar-refractivity contribution in [2.75, 3.05) is 7.11 Å². The van der Waals surface area contributed by atoms with E-state index < -0.39 is 29.5 Å². The van der Waals surface area contributed by atoms with Crippen LogP contribution in [0.3, 0.4) is 0 Å². The van der Waals surface area contributed by atoms with Gasteiger partial charge in [0.15, 0.2) is 11.5 Å². The molecule has 0 aliphatic heterocycles. The van der Waals surface area contributed by atoms with Crippen LogP contribution < -0.4 is 9.47 Å². The molecule has 0 aliphatic carbocycles. The molecule has 5 nitrogen and oxygen atoms in total. The third-order valence-corrected chi connectivity index (χ3v) is 1.89. The van der Waals surface area contributed by atoms with Gasteiger partial charge in [-0.25, -0.2) is 4.79 Å². The Labute approximate surface area is 94.8 Å². The molecular formula is C10H7F2NO4. The van der Waals surface area contributed by atoms with E-state index in [2.05, 4.69) is 4.74 Å². The Hall–Kier alpha value is -2.36. The number of alkyl halides is 2. The molecule has 90 valence electrons. The highest BCUT2D eigenvalue weighted by Gasteiger charge is 2.21. The molecule has 0 aliphatic rings. The quantitative estimate of drug-likeness (QED) is 0.873. The van der Waals surface area contributed by atoms with Gasteiger partial charge in [-0.1, -0.05) is 0 Å². The Morgan fingerprint density at radius 3 is 2.59 bits per heavy atom. The van der Waals surface area contributed by atoms with Gasteiger partial charge in [0.2, 0.25) is 0 Å². The van der Waals surface area contributed by atoms with Gasteiger partial charge < -0.3 is 14.6 Å². The van der Waals surface area contributed by atoms with Crippen LogP contribution in [0.15, 0.2) is 12.1 Å². The van der Waals surface area contributed by atoms with E-state index in [9.17, 15) is 13.6 Å². The van der Waals surface area contributed by atoms with Crippen LogP contribution in [0.4, 0.5) is 8.78 Å². The SMILES string of the molecule is COc1ccc(C(=O)O)c(C#N)c1OC(F)F. The molecule has 0 spiro atoms. The molecule has 0 atom stereocenters. The average molecular weight is 243 g/mol. The van der Waals surface area contributed by atoms with Crippen molar-refractivity contribution in [2.24, 2.45) is 0 Å². The largest absolute Gasteiger partial charge is 0.493 e. The first-order valence-electron chi connectivity index (χ1n) is 4.30. The van der Waals surface area contributed by atoms with Crippen LogP contribution in [0, 0.1) is 11.3 Å². The van der Waals surface area contributed by atoms with E-state index in [1.807, 2.05) is 0 Å². The first-order valence-corrected chi connectivity index (χ1v) is 4.30. The highest BCUT2D eigenvalue weighted by molar-refractivity contribution is 5.92. The predicted molar refractivity (Wildman–Crippen MR) is 51.3 cm³/mol. The summed E-state index contributed by atoms with van der Waals surface area (Å²) in [6.45, 7) is -3.18. The van der Waals surface area contributed by atoms with E-state index in [1.54, 1.807) is 0 Å². The van der Waals surface area contributed by atoms with Gasteiger partial charge in [0.25, 0.3) is 0 Å². The molecule has 0 amide bonds. The third kappa shape index (κ3) is 2.60. The van der Waals surface area contributed by atoms with Gasteiger partial charge in [-0.2, -0.15) is 14.0 Å². The number of halogens is 2. The van der Waals surface area contributed by atoms with Crippen molar-refractivity contribution in [1.29, 1.82) is 5.26 Å². The summed E-state index contributed by atoms with van der Waals surface area (Å²) < 4.78 is 33.1. The summed E-state index contributed by atoms with van der Waals surface area (Å²) in [6.07, 6.45) is 0. The van der Waals surface area contributed by atoms with Crippen LogP contribution in [0.1, 0.15) is 15.9 Å². The van der Waals surface area contributed by atoms with Crippen molar-refractivity contribution in [3.05, 3.63) is 23.3 Å². The van der Waals surface area contributed by atoms with Gasteiger partial charge in [0.1, 0.15) is 11.6 Å². The number of benzene rings is 1. The zero-order chi connectivity index (χ0) is 13.0. The summed E-state index contributed by atoms with van der Waals surface area (Å²) in [5, 5.41) is 17.6. The van der Waals surface area contributed by atoms with Crippen molar-refractivity contribution >= 4 is 5.97 Å². The second-order valence-electron chi connectivity index (χ2n) is 2.81. The summed E-state index contributed by atoms with van der Waals surface area (Å²) >= 11 is 0. The maximum Gasteiger partial charge on any atom is 0.387 e. The van der Waals surface area contributed by atoms with E-state index in [0.717, 1.165) is 12.1 Å². The predicted octanol–water partition coefficient (Wildman–Crippen LogP) is 1.87. The number of hydrogen-bond donors (Lipinski definition) is 1. The van der Waals surface area contributed by atoms with Crippen LogP contribution >= 0.6 is 0 Å². The second-order valence-corrected chi connectivity index (χ2v) is 2.81. The lowest BCUT2D eigenvalue weighted by atomic mass is 10.1. The summed E-state index contributed by atoms with van der Waals surface area (Å²) in [5.41, 5.74) is -0.930. The number of methoxy groups -OCH3 is 1. The number of ether oxygens (including phenoxy) is 2. The Morgan fingerprint density at radius 1 is 1.53 bits per heavy atom. The fourth-order valence-electron chi connectivity index (χ4n) is 1.22. The topological polar surface area (TPSA) is 79.5 Å². The molecule has 7 heteroatoms. The molecule has 0 fully saturated rings. The maximum atomic E-state index is 12.2. The maximum absolute atomic E-state index is 12.2. The Bertz CT molecular complexity index is 482. The van der Waals surface area contributed by atoms with E-state index in [0.29, 0.717) is 0 Å². The van der Waals surface area contributed by atoms with Crippen LogP contribution in [0.2, 0.25) is 0 Å². The molecule has 0 bridgehead atoms. The minimum atomic E-state index is -3.18. The number of carboxylic acid groups (broad SMARTS) is 1. The fraction of sp³-hybridized carbons (Fsp3) is 0.200. The van der Waals surface area contributed by atoms with Gasteiger partial charge in [0, 0.05) is 0 Å². The molecule has 1 aromatic carbocycles. The van der Waals surface area contributed by atoms with E-state index >= 15 is 0 Å². The first kappa shape index (κ1) is 12.7. The molecule has 0 saturated carbocycles. The van der Waals surface area contributed by atoms with Gasteiger partial charge >= 0.3 is 12.6 Å². The molecule has 1 aromatic rings. The molecular weight excluding hydrogens is 236 g/mol. The number of carboxylic acids is 1. The van der Waals surface area contributed by atoms with Crippen molar-refractivity contribution in [2.45, 2.75) is 6.61 Å². The van der Waals surface area contributed by atoms with Crippen LogP contribution in [0.5, 0.6) is 11.5 Å². The minimum absolute atomic E-state index is 0.133. The van der Waals surface area contributed by atoms with E-state index in [1.165, 1.54) is 13.2 Å². The molecule has 0 heterocycles. The van der Waals surface area contributed by atoms with Crippen LogP contribution in [-0.4, -0.2) is 24.8 Å². The van der Waals surface area contributed by atoms with Crippen LogP contribution in [-0.2, 0) is 0 Å².